The summed E-state index contributed by atoms with van der Waals surface area (Å²) < 4.78 is 0. The first-order chi connectivity index (χ1) is 6.93. The van der Waals surface area contributed by atoms with Gasteiger partial charge >= 0.3 is 0 Å². The molecule has 0 radical (unpaired) electrons. The van der Waals surface area contributed by atoms with E-state index in [0.717, 1.165) is 12.8 Å². The molecule has 0 aromatic rings. The summed E-state index contributed by atoms with van der Waals surface area (Å²) in [7, 11) is 0. The summed E-state index contributed by atoms with van der Waals surface area (Å²) in [5.41, 5.74) is 1.28. The zero-order valence-electron chi connectivity index (χ0n) is 10.2. The molecule has 0 amide bonds. The summed E-state index contributed by atoms with van der Waals surface area (Å²) in [4.78, 5) is 11.9. The molecule has 3 fully saturated rings. The molecule has 0 aliphatic heterocycles. The van der Waals surface area contributed by atoms with Gasteiger partial charge in [0.15, 0.2) is 0 Å². The fourth-order valence-electron chi connectivity index (χ4n) is 5.17. The van der Waals surface area contributed by atoms with E-state index in [4.69, 9.17) is 0 Å². The molecule has 1 nitrogen and oxygen atoms in total. The van der Waals surface area contributed by atoms with Crippen molar-refractivity contribution in [1.82, 2.24) is 0 Å². The molecule has 1 spiro atoms. The molecule has 0 N–H and O–H groups in total. The minimum Gasteiger partial charge on any atom is -0.299 e. The second-order valence-electron chi connectivity index (χ2n) is 6.99. The van der Waals surface area contributed by atoms with Crippen molar-refractivity contribution in [3.8, 4) is 0 Å². The molecule has 84 valence electrons. The van der Waals surface area contributed by atoms with Crippen molar-refractivity contribution in [2.75, 3.05) is 0 Å². The van der Waals surface area contributed by atoms with Crippen molar-refractivity contribution >= 4 is 5.78 Å². The molecule has 0 bridgehead atoms. The number of Topliss-reactive ketones (excluding diaryl/α,β-unsaturated/α-hetero) is 1. The maximum absolute atomic E-state index is 11.9. The van der Waals surface area contributed by atoms with E-state index >= 15 is 0 Å². The molecule has 3 aliphatic rings. The minimum atomic E-state index is 0.396. The van der Waals surface area contributed by atoms with Gasteiger partial charge in [0.05, 0.1) is 0 Å². The smallest absolute Gasteiger partial charge is 0.136 e. The highest BCUT2D eigenvalue weighted by atomic mass is 16.1. The topological polar surface area (TPSA) is 17.1 Å². The Kier molecular flexibility index (Phi) is 1.64. The van der Waals surface area contributed by atoms with Crippen LogP contribution in [0.25, 0.3) is 0 Å². The van der Waals surface area contributed by atoms with Gasteiger partial charge in [-0.1, -0.05) is 27.2 Å². The van der Waals surface area contributed by atoms with Crippen molar-refractivity contribution in [2.24, 2.45) is 22.2 Å². The van der Waals surface area contributed by atoms with E-state index in [-0.39, 0.29) is 0 Å². The molecular weight excluding hydrogens is 184 g/mol. The molecule has 1 heteroatoms. The Bertz CT molecular complexity index is 330. The standard InChI is InChI=1S/C14H22O/c1-12(2)6-4-7-13(3)8-5-11(15)10-9-14(10,12)13/h10H,4-9H2,1-3H3. The van der Waals surface area contributed by atoms with Crippen LogP contribution in [0.3, 0.4) is 0 Å². The number of hydrogen-bond donors (Lipinski definition) is 0. The quantitative estimate of drug-likeness (QED) is 0.592. The van der Waals surface area contributed by atoms with Crippen molar-refractivity contribution in [1.29, 1.82) is 0 Å². The van der Waals surface area contributed by atoms with Crippen LogP contribution in [0.4, 0.5) is 0 Å². The van der Waals surface area contributed by atoms with Gasteiger partial charge in [0.1, 0.15) is 5.78 Å². The Morgan fingerprint density at radius 3 is 2.60 bits per heavy atom. The van der Waals surface area contributed by atoms with Crippen LogP contribution in [-0.4, -0.2) is 5.78 Å². The van der Waals surface area contributed by atoms with Crippen molar-refractivity contribution in [2.45, 2.75) is 59.3 Å². The van der Waals surface area contributed by atoms with E-state index in [0.29, 0.717) is 27.9 Å². The Hall–Kier alpha value is -0.330. The summed E-state index contributed by atoms with van der Waals surface area (Å²) in [5, 5.41) is 0. The van der Waals surface area contributed by atoms with Crippen molar-refractivity contribution < 1.29 is 4.79 Å². The highest BCUT2D eigenvalue weighted by Crippen LogP contribution is 2.79. The molecule has 3 rings (SSSR count). The van der Waals surface area contributed by atoms with E-state index in [9.17, 15) is 4.79 Å². The predicted octanol–water partition coefficient (Wildman–Crippen LogP) is 3.57. The van der Waals surface area contributed by atoms with Crippen LogP contribution in [-0.2, 0) is 4.79 Å². The van der Waals surface area contributed by atoms with Crippen LogP contribution in [0.1, 0.15) is 59.3 Å². The van der Waals surface area contributed by atoms with Gasteiger partial charge in [0.25, 0.3) is 0 Å². The average molecular weight is 206 g/mol. The van der Waals surface area contributed by atoms with Crippen LogP contribution in [0.15, 0.2) is 0 Å². The molecule has 3 unspecified atom stereocenters. The van der Waals surface area contributed by atoms with Gasteiger partial charge < -0.3 is 0 Å². The summed E-state index contributed by atoms with van der Waals surface area (Å²) >= 11 is 0. The van der Waals surface area contributed by atoms with Crippen molar-refractivity contribution in [3.05, 3.63) is 0 Å². The highest BCUT2D eigenvalue weighted by molar-refractivity contribution is 5.86. The highest BCUT2D eigenvalue weighted by Gasteiger charge is 2.74. The van der Waals surface area contributed by atoms with Crippen LogP contribution < -0.4 is 0 Å². The third kappa shape index (κ3) is 0.933. The van der Waals surface area contributed by atoms with Gasteiger partial charge in [-0.15, -0.1) is 0 Å². The average Bonchev–Trinajstić information content (AvgIpc) is 2.88. The van der Waals surface area contributed by atoms with E-state index in [2.05, 4.69) is 20.8 Å². The molecule has 0 saturated heterocycles. The zero-order valence-corrected chi connectivity index (χ0v) is 10.2. The van der Waals surface area contributed by atoms with Crippen molar-refractivity contribution in [3.63, 3.8) is 0 Å². The number of rotatable bonds is 0. The van der Waals surface area contributed by atoms with Crippen LogP contribution in [0.2, 0.25) is 0 Å². The largest absolute Gasteiger partial charge is 0.299 e. The molecule has 3 aliphatic carbocycles. The third-order valence-corrected chi connectivity index (χ3v) is 6.09. The van der Waals surface area contributed by atoms with Gasteiger partial charge in [-0.05, 0) is 41.9 Å². The molecule has 0 aromatic heterocycles. The lowest BCUT2D eigenvalue weighted by Gasteiger charge is -2.54. The predicted molar refractivity (Wildman–Crippen MR) is 60.5 cm³/mol. The van der Waals surface area contributed by atoms with Gasteiger partial charge in [-0.25, -0.2) is 0 Å². The number of ketones is 1. The Balaban J connectivity index is 2.06. The van der Waals surface area contributed by atoms with Crippen LogP contribution >= 0.6 is 0 Å². The second-order valence-corrected chi connectivity index (χ2v) is 6.99. The van der Waals surface area contributed by atoms with Crippen LogP contribution in [0, 0.1) is 22.2 Å². The first-order valence-electron chi connectivity index (χ1n) is 6.46. The summed E-state index contributed by atoms with van der Waals surface area (Å²) in [6.07, 6.45) is 7.28. The molecule has 0 heterocycles. The monoisotopic (exact) mass is 206 g/mol. The molecule has 15 heavy (non-hydrogen) atoms. The van der Waals surface area contributed by atoms with Crippen LogP contribution in [0.5, 0.6) is 0 Å². The Morgan fingerprint density at radius 1 is 1.13 bits per heavy atom. The number of carbonyl (C=O) groups is 1. The number of carbonyl (C=O) groups excluding carboxylic acids is 1. The van der Waals surface area contributed by atoms with E-state index in [1.54, 1.807) is 0 Å². The number of hydrogen-bond acceptors (Lipinski definition) is 1. The van der Waals surface area contributed by atoms with Gasteiger partial charge in [0.2, 0.25) is 0 Å². The van der Waals surface area contributed by atoms with Gasteiger partial charge in [-0.2, -0.15) is 0 Å². The SMILES string of the molecule is CC1(C)CCCC2(C)CCC(=O)C3CC312. The maximum Gasteiger partial charge on any atom is 0.136 e. The molecular formula is C14H22O. The fraction of sp³-hybridized carbons (Fsp3) is 0.929. The van der Waals surface area contributed by atoms with E-state index in [1.807, 2.05) is 0 Å². The molecule has 0 aromatic carbocycles. The first-order valence-corrected chi connectivity index (χ1v) is 6.46. The summed E-state index contributed by atoms with van der Waals surface area (Å²) in [5.74, 6) is 1.01. The lowest BCUT2D eigenvalue weighted by Crippen LogP contribution is -2.48. The lowest BCUT2D eigenvalue weighted by molar-refractivity contribution is -0.132. The second kappa shape index (κ2) is 2.49. The lowest BCUT2D eigenvalue weighted by atomic mass is 9.49. The maximum atomic E-state index is 11.9. The zero-order chi connectivity index (χ0) is 10.9. The van der Waals surface area contributed by atoms with E-state index < -0.39 is 0 Å². The Morgan fingerprint density at radius 2 is 1.87 bits per heavy atom. The van der Waals surface area contributed by atoms with Gasteiger partial charge in [0, 0.05) is 12.3 Å². The summed E-state index contributed by atoms with van der Waals surface area (Å²) in [6.45, 7) is 7.27. The minimum absolute atomic E-state index is 0.396. The van der Waals surface area contributed by atoms with Gasteiger partial charge in [-0.3, -0.25) is 4.79 Å². The molecule has 3 atom stereocenters. The molecule has 3 saturated carbocycles. The first kappa shape index (κ1) is 9.86. The Labute approximate surface area is 92.6 Å². The fourth-order valence-corrected chi connectivity index (χ4v) is 5.17. The normalized spacial score (nSPS) is 51.9. The van der Waals surface area contributed by atoms with E-state index in [1.165, 1.54) is 25.7 Å². The third-order valence-electron chi connectivity index (χ3n) is 6.09. The summed E-state index contributed by atoms with van der Waals surface area (Å²) in [6, 6.07) is 0.